The molecule has 0 fully saturated rings. The van der Waals surface area contributed by atoms with Gasteiger partial charge in [-0.2, -0.15) is 0 Å². The summed E-state index contributed by atoms with van der Waals surface area (Å²) < 4.78 is 84.8. The molecule has 16 nitrogen and oxygen atoms in total. The van der Waals surface area contributed by atoms with Crippen molar-refractivity contribution in [1.82, 2.24) is 0 Å². The summed E-state index contributed by atoms with van der Waals surface area (Å²) >= 11 is 0. The molecule has 512 valence electrons. The molecular formula is C64H136O16P4Ti. The summed E-state index contributed by atoms with van der Waals surface area (Å²) in [6.07, 6.45) is 53.3. The van der Waals surface area contributed by atoms with Gasteiger partial charge in [-0.05, 0) is 51.4 Å². The Labute approximate surface area is 540 Å². The zero-order chi connectivity index (χ0) is 63.3. The number of rotatable bonds is 64. The van der Waals surface area contributed by atoms with Crippen LogP contribution in [-0.4, -0.2) is 52.9 Å². The smallest absolute Gasteiger partial charge is 0.756 e. The van der Waals surface area contributed by atoms with Gasteiger partial charge in [-0.25, -0.2) is 0 Å². The Kier molecular flexibility index (Phi) is 84.7. The van der Waals surface area contributed by atoms with Crippen molar-refractivity contribution >= 4 is 31.3 Å². The van der Waals surface area contributed by atoms with Crippen molar-refractivity contribution in [3.05, 3.63) is 0 Å². The summed E-state index contributed by atoms with van der Waals surface area (Å²) in [5, 5.41) is 0. The second kappa shape index (κ2) is 75.9. The van der Waals surface area contributed by atoms with Crippen LogP contribution in [0.3, 0.4) is 0 Å². The molecule has 0 aliphatic carbocycles. The van der Waals surface area contributed by atoms with Gasteiger partial charge in [0.05, 0.1) is 52.9 Å². The molecule has 0 aromatic carbocycles. The predicted molar refractivity (Wildman–Crippen MR) is 345 cm³/mol. The van der Waals surface area contributed by atoms with Crippen LogP contribution in [0.25, 0.3) is 0 Å². The molecule has 0 bridgehead atoms. The van der Waals surface area contributed by atoms with Gasteiger partial charge in [0, 0.05) is 0 Å². The molecule has 0 rings (SSSR count). The second-order valence-corrected chi connectivity index (χ2v) is 28.2. The van der Waals surface area contributed by atoms with Crippen LogP contribution in [0, 0.1) is 0 Å². The van der Waals surface area contributed by atoms with Gasteiger partial charge < -0.3 is 55.8 Å². The summed E-state index contributed by atoms with van der Waals surface area (Å²) in [6.45, 7) is 19.5. The van der Waals surface area contributed by atoms with Crippen LogP contribution in [0.5, 0.6) is 0 Å². The standard InChI is InChI=1S/4C16H35O4P.Ti/c4*1-3-5-7-9-11-13-15-19-21(17,18)20-16-14-12-10-8-6-4-2;/h4*3-16H2,1-2H3,(H,17,18);/q;;;;+4/p-4. The maximum absolute atomic E-state index is 11.5. The molecule has 0 aliphatic heterocycles. The molecule has 0 saturated carbocycles. The van der Waals surface area contributed by atoms with E-state index in [0.29, 0.717) is 0 Å². The van der Waals surface area contributed by atoms with Crippen molar-refractivity contribution in [2.75, 3.05) is 52.9 Å². The molecule has 0 aromatic heterocycles. The Hall–Kier alpha value is 1.15. The summed E-state index contributed by atoms with van der Waals surface area (Å²) in [5.41, 5.74) is 0. The average molecular weight is 1330 g/mol. The Morgan fingerprint density at radius 2 is 0.259 bits per heavy atom. The summed E-state index contributed by atoms with van der Waals surface area (Å²) in [5.74, 6) is 0. The van der Waals surface area contributed by atoms with E-state index in [0.717, 1.165) is 154 Å². The number of phosphoric acid groups is 4. The zero-order valence-corrected chi connectivity index (χ0v) is 61.6. The monoisotopic (exact) mass is 1330 g/mol. The molecule has 0 aliphatic rings. The Balaban J connectivity index is -0.000000333. The maximum Gasteiger partial charge on any atom is 4.00 e. The van der Waals surface area contributed by atoms with Crippen molar-refractivity contribution in [1.29, 1.82) is 0 Å². The van der Waals surface area contributed by atoms with Gasteiger partial charge in [-0.1, -0.05) is 312 Å². The average Bonchev–Trinajstić information content (AvgIpc) is 3.50. The predicted octanol–water partition coefficient (Wildman–Crippen LogP) is 20.8. The Morgan fingerprint density at radius 3 is 0.353 bits per heavy atom. The SMILES string of the molecule is CCCCCCCCOP(=O)([O-])OCCCCCCCC.CCCCCCCCOP(=O)([O-])OCCCCCCCC.CCCCCCCCOP(=O)([O-])OCCCCCCCC.CCCCCCCCOP(=O)([O-])OCCCCCCCC.[Ti+4]. The Morgan fingerprint density at radius 1 is 0.176 bits per heavy atom. The van der Waals surface area contributed by atoms with Crippen LogP contribution in [-0.2, 0) is 76.2 Å². The second-order valence-electron chi connectivity index (χ2n) is 22.6. The fraction of sp³-hybridized carbons (Fsp3) is 1.00. The molecule has 0 spiro atoms. The third-order valence-electron chi connectivity index (χ3n) is 14.0. The fourth-order valence-corrected chi connectivity index (χ4v) is 11.7. The molecular weight excluding hydrogens is 1200 g/mol. The van der Waals surface area contributed by atoms with Crippen LogP contribution in [0.2, 0.25) is 0 Å². The molecule has 0 saturated heterocycles. The first-order chi connectivity index (χ1) is 40.5. The number of phosphoric ester groups is 4. The molecule has 0 atom stereocenters. The van der Waals surface area contributed by atoms with Gasteiger partial charge in [-0.3, -0.25) is 18.3 Å². The van der Waals surface area contributed by atoms with Gasteiger partial charge in [0.1, 0.15) is 0 Å². The summed E-state index contributed by atoms with van der Waals surface area (Å²) in [4.78, 5) is 45.9. The molecule has 0 unspecified atom stereocenters. The van der Waals surface area contributed by atoms with Crippen molar-refractivity contribution in [2.45, 2.75) is 364 Å². The van der Waals surface area contributed by atoms with E-state index in [4.69, 9.17) is 36.2 Å². The van der Waals surface area contributed by atoms with E-state index in [9.17, 15) is 37.8 Å². The molecule has 0 radical (unpaired) electrons. The topological polar surface area (TPSA) is 234 Å². The zero-order valence-electron chi connectivity index (χ0n) is 56.4. The van der Waals surface area contributed by atoms with Gasteiger partial charge in [0.15, 0.2) is 0 Å². The molecule has 0 N–H and O–H groups in total. The number of hydrogen-bond donors (Lipinski definition) is 0. The number of unbranched alkanes of at least 4 members (excludes halogenated alkanes) is 40. The van der Waals surface area contributed by atoms with Crippen molar-refractivity contribution < 1.29 is 95.7 Å². The van der Waals surface area contributed by atoms with Crippen LogP contribution in [0.15, 0.2) is 0 Å². The fourth-order valence-electron chi connectivity index (χ4n) is 8.62. The largest absolute Gasteiger partial charge is 4.00 e. The van der Waals surface area contributed by atoms with Crippen LogP contribution < -0.4 is 19.6 Å². The van der Waals surface area contributed by atoms with Gasteiger partial charge in [0.25, 0.3) is 31.3 Å². The van der Waals surface area contributed by atoms with Crippen molar-refractivity contribution in [3.8, 4) is 0 Å². The van der Waals surface area contributed by atoms with Crippen LogP contribution in [0.1, 0.15) is 364 Å². The third-order valence-corrected chi connectivity index (χ3v) is 18.0. The first-order valence-corrected chi connectivity index (χ1v) is 40.7. The molecule has 0 aromatic rings. The first-order valence-electron chi connectivity index (χ1n) is 34.9. The van der Waals surface area contributed by atoms with E-state index in [2.05, 4.69) is 55.4 Å². The summed E-state index contributed by atoms with van der Waals surface area (Å²) in [7, 11) is -16.3. The van der Waals surface area contributed by atoms with E-state index in [1.807, 2.05) is 0 Å². The van der Waals surface area contributed by atoms with Gasteiger partial charge in [-0.15, -0.1) is 0 Å². The van der Waals surface area contributed by atoms with E-state index >= 15 is 0 Å². The minimum Gasteiger partial charge on any atom is -0.756 e. The van der Waals surface area contributed by atoms with Crippen LogP contribution >= 0.6 is 31.3 Å². The molecule has 21 heteroatoms. The quantitative estimate of drug-likeness (QED) is 0.0313. The summed E-state index contributed by atoms with van der Waals surface area (Å²) in [6, 6.07) is 0. The maximum atomic E-state index is 11.5. The molecule has 85 heavy (non-hydrogen) atoms. The van der Waals surface area contributed by atoms with E-state index < -0.39 is 31.3 Å². The Bertz CT molecular complexity index is 1160. The molecule has 0 heterocycles. The van der Waals surface area contributed by atoms with E-state index in [-0.39, 0.29) is 74.6 Å². The van der Waals surface area contributed by atoms with Gasteiger partial charge >= 0.3 is 21.7 Å². The normalized spacial score (nSPS) is 11.8. The van der Waals surface area contributed by atoms with E-state index in [1.165, 1.54) is 154 Å². The minimum atomic E-state index is -4.07. The third kappa shape index (κ3) is 89.4. The van der Waals surface area contributed by atoms with E-state index in [1.54, 1.807) is 0 Å². The minimum absolute atomic E-state index is 0. The van der Waals surface area contributed by atoms with Gasteiger partial charge in [0.2, 0.25) is 0 Å². The van der Waals surface area contributed by atoms with Crippen molar-refractivity contribution in [3.63, 3.8) is 0 Å². The molecule has 0 amide bonds. The number of hydrogen-bond acceptors (Lipinski definition) is 16. The van der Waals surface area contributed by atoms with Crippen LogP contribution in [0.4, 0.5) is 0 Å². The first kappa shape index (κ1) is 94.9. The van der Waals surface area contributed by atoms with Crippen molar-refractivity contribution in [2.24, 2.45) is 0 Å².